The SMILES string of the molecule is C/C=C/CCC1CCC(c2ccc(C(F)(F)OCCc3ccc(OC(F)(F)F)c(F)c3)cc2)CC1. The van der Waals surface area contributed by atoms with E-state index in [0.717, 1.165) is 55.7 Å². The highest BCUT2D eigenvalue weighted by Gasteiger charge is 2.34. The van der Waals surface area contributed by atoms with Gasteiger partial charge in [-0.3, -0.25) is 0 Å². The van der Waals surface area contributed by atoms with Gasteiger partial charge in [0, 0.05) is 0 Å². The third-order valence-electron chi connectivity index (χ3n) is 6.44. The number of hydrogen-bond acceptors (Lipinski definition) is 2. The van der Waals surface area contributed by atoms with E-state index in [0.29, 0.717) is 5.92 Å². The molecule has 0 N–H and O–H groups in total. The van der Waals surface area contributed by atoms with Crippen LogP contribution in [0.5, 0.6) is 5.75 Å². The third-order valence-corrected chi connectivity index (χ3v) is 6.44. The summed E-state index contributed by atoms with van der Waals surface area (Å²) in [4.78, 5) is 0. The van der Waals surface area contributed by atoms with Crippen LogP contribution in [0, 0.1) is 11.7 Å². The van der Waals surface area contributed by atoms with E-state index in [4.69, 9.17) is 4.74 Å². The van der Waals surface area contributed by atoms with Crippen LogP contribution in [0.3, 0.4) is 0 Å². The molecular formula is C27H30F6O2. The molecule has 2 nitrogen and oxygen atoms in total. The van der Waals surface area contributed by atoms with Crippen molar-refractivity contribution in [3.63, 3.8) is 0 Å². The van der Waals surface area contributed by atoms with Crippen LogP contribution >= 0.6 is 0 Å². The molecule has 8 heteroatoms. The van der Waals surface area contributed by atoms with Crippen molar-refractivity contribution in [3.8, 4) is 5.75 Å². The van der Waals surface area contributed by atoms with Gasteiger partial charge in [-0.2, -0.15) is 8.78 Å². The predicted molar refractivity (Wildman–Crippen MR) is 122 cm³/mol. The van der Waals surface area contributed by atoms with Crippen molar-refractivity contribution in [2.75, 3.05) is 6.61 Å². The summed E-state index contributed by atoms with van der Waals surface area (Å²) in [5.74, 6) is -1.11. The van der Waals surface area contributed by atoms with E-state index in [9.17, 15) is 26.3 Å². The fourth-order valence-corrected chi connectivity index (χ4v) is 4.52. The zero-order valence-electron chi connectivity index (χ0n) is 19.6. The molecule has 0 bridgehead atoms. The van der Waals surface area contributed by atoms with Crippen LogP contribution in [0.25, 0.3) is 0 Å². The zero-order valence-corrected chi connectivity index (χ0v) is 19.6. The fourth-order valence-electron chi connectivity index (χ4n) is 4.52. The number of ether oxygens (including phenoxy) is 2. The Morgan fingerprint density at radius 1 is 0.943 bits per heavy atom. The lowest BCUT2D eigenvalue weighted by Gasteiger charge is -2.29. The van der Waals surface area contributed by atoms with Gasteiger partial charge in [0.25, 0.3) is 0 Å². The summed E-state index contributed by atoms with van der Waals surface area (Å²) in [6, 6.07) is 9.00. The smallest absolute Gasteiger partial charge is 0.403 e. The summed E-state index contributed by atoms with van der Waals surface area (Å²) in [5, 5.41) is 0. The number of rotatable bonds is 10. The standard InChI is InChI=1S/C27H30F6O2/c1-2-3-4-5-19-6-9-21(10-7-19)22-11-13-23(14-12-22)26(29,30)34-17-16-20-8-15-25(24(28)18-20)35-27(31,32)33/h2-3,8,11-15,18-19,21H,4-7,9-10,16-17H2,1H3/b3-2+. The molecule has 2 aromatic rings. The number of benzene rings is 2. The lowest BCUT2D eigenvalue weighted by molar-refractivity contribution is -0.275. The molecule has 0 heterocycles. The first-order valence-corrected chi connectivity index (χ1v) is 11.8. The maximum absolute atomic E-state index is 14.5. The maximum atomic E-state index is 14.5. The van der Waals surface area contributed by atoms with Crippen molar-refractivity contribution in [3.05, 3.63) is 77.1 Å². The Morgan fingerprint density at radius 2 is 1.63 bits per heavy atom. The molecule has 1 saturated carbocycles. The second kappa shape index (κ2) is 12.0. The maximum Gasteiger partial charge on any atom is 0.573 e. The third kappa shape index (κ3) is 8.30. The van der Waals surface area contributed by atoms with Crippen LogP contribution in [0.4, 0.5) is 26.3 Å². The van der Waals surface area contributed by atoms with E-state index >= 15 is 0 Å². The van der Waals surface area contributed by atoms with E-state index < -0.39 is 30.6 Å². The highest BCUT2D eigenvalue weighted by molar-refractivity contribution is 5.30. The van der Waals surface area contributed by atoms with Crippen molar-refractivity contribution >= 4 is 0 Å². The molecule has 1 aliphatic rings. The highest BCUT2D eigenvalue weighted by Crippen LogP contribution is 2.39. The Bertz CT molecular complexity index is 961. The minimum atomic E-state index is -5.02. The molecule has 1 fully saturated rings. The summed E-state index contributed by atoms with van der Waals surface area (Å²) in [5.41, 5.74) is 0.985. The largest absolute Gasteiger partial charge is 0.573 e. The Hall–Kier alpha value is -2.48. The van der Waals surface area contributed by atoms with E-state index in [1.54, 1.807) is 12.1 Å². The van der Waals surface area contributed by atoms with Crippen molar-refractivity contribution in [1.82, 2.24) is 0 Å². The van der Waals surface area contributed by atoms with Gasteiger partial charge in [0.2, 0.25) is 0 Å². The molecule has 2 aromatic carbocycles. The van der Waals surface area contributed by atoms with Gasteiger partial charge in [0.15, 0.2) is 11.6 Å². The van der Waals surface area contributed by atoms with Gasteiger partial charge in [0.1, 0.15) is 0 Å². The molecule has 0 atom stereocenters. The first kappa shape index (κ1) is 27.1. The first-order chi connectivity index (χ1) is 16.6. The van der Waals surface area contributed by atoms with Crippen molar-refractivity contribution in [2.45, 2.75) is 70.3 Å². The first-order valence-electron chi connectivity index (χ1n) is 11.8. The minimum Gasteiger partial charge on any atom is -0.403 e. The molecular weight excluding hydrogens is 470 g/mol. The Kier molecular flexibility index (Phi) is 9.27. The molecule has 0 aliphatic heterocycles. The molecule has 0 radical (unpaired) electrons. The topological polar surface area (TPSA) is 18.5 Å². The van der Waals surface area contributed by atoms with Gasteiger partial charge >= 0.3 is 12.5 Å². The van der Waals surface area contributed by atoms with E-state index in [1.165, 1.54) is 24.6 Å². The van der Waals surface area contributed by atoms with Crippen molar-refractivity contribution < 1.29 is 35.8 Å². The van der Waals surface area contributed by atoms with Crippen LogP contribution in [0.2, 0.25) is 0 Å². The molecule has 192 valence electrons. The highest BCUT2D eigenvalue weighted by atomic mass is 19.4. The molecule has 0 amide bonds. The summed E-state index contributed by atoms with van der Waals surface area (Å²) >= 11 is 0. The van der Waals surface area contributed by atoms with Crippen molar-refractivity contribution in [1.29, 1.82) is 0 Å². The summed E-state index contributed by atoms with van der Waals surface area (Å²) in [7, 11) is 0. The normalized spacial score (nSPS) is 19.3. The predicted octanol–water partition coefficient (Wildman–Crippen LogP) is 8.66. The van der Waals surface area contributed by atoms with Crippen LogP contribution in [0.15, 0.2) is 54.6 Å². The van der Waals surface area contributed by atoms with Gasteiger partial charge in [-0.25, -0.2) is 4.39 Å². The Labute approximate surface area is 201 Å². The van der Waals surface area contributed by atoms with Crippen LogP contribution in [-0.4, -0.2) is 13.0 Å². The fraction of sp³-hybridized carbons (Fsp3) is 0.481. The second-order valence-electron chi connectivity index (χ2n) is 8.91. The van der Waals surface area contributed by atoms with Gasteiger partial charge in [-0.15, -0.1) is 13.2 Å². The molecule has 0 unspecified atom stereocenters. The Morgan fingerprint density at radius 3 is 2.23 bits per heavy atom. The quantitative estimate of drug-likeness (QED) is 0.240. The second-order valence-corrected chi connectivity index (χ2v) is 8.91. The average molecular weight is 501 g/mol. The average Bonchev–Trinajstić information content (AvgIpc) is 2.81. The number of alkyl halides is 5. The molecule has 35 heavy (non-hydrogen) atoms. The summed E-state index contributed by atoms with van der Waals surface area (Å²) < 4.78 is 87.8. The van der Waals surface area contributed by atoms with E-state index in [-0.39, 0.29) is 17.5 Å². The molecule has 0 saturated heterocycles. The monoisotopic (exact) mass is 500 g/mol. The van der Waals surface area contributed by atoms with Crippen LogP contribution in [-0.2, 0) is 17.3 Å². The lowest BCUT2D eigenvalue weighted by atomic mass is 9.77. The Balaban J connectivity index is 1.49. The van der Waals surface area contributed by atoms with Gasteiger partial charge in [0.05, 0.1) is 12.2 Å². The number of halogens is 6. The van der Waals surface area contributed by atoms with Crippen molar-refractivity contribution in [2.24, 2.45) is 5.92 Å². The van der Waals surface area contributed by atoms with Gasteiger partial charge in [-0.1, -0.05) is 42.5 Å². The molecule has 0 spiro atoms. The lowest BCUT2D eigenvalue weighted by Crippen LogP contribution is -2.20. The van der Waals surface area contributed by atoms with Gasteiger partial charge in [-0.05, 0) is 87.0 Å². The van der Waals surface area contributed by atoms with E-state index in [2.05, 4.69) is 16.9 Å². The van der Waals surface area contributed by atoms with Crippen LogP contribution < -0.4 is 4.74 Å². The van der Waals surface area contributed by atoms with E-state index in [1.807, 2.05) is 6.92 Å². The number of hydrogen-bond donors (Lipinski definition) is 0. The van der Waals surface area contributed by atoms with Crippen LogP contribution in [0.1, 0.15) is 68.1 Å². The summed E-state index contributed by atoms with van der Waals surface area (Å²) in [6.45, 7) is 1.58. The number of allylic oxidation sites excluding steroid dienone is 2. The summed E-state index contributed by atoms with van der Waals surface area (Å²) in [6.07, 6.45) is 2.28. The van der Waals surface area contributed by atoms with Gasteiger partial charge < -0.3 is 9.47 Å². The molecule has 0 aromatic heterocycles. The zero-order chi connectivity index (χ0) is 25.5. The molecule has 1 aliphatic carbocycles. The molecule has 3 rings (SSSR count). The minimum absolute atomic E-state index is 0.103.